The third-order valence-electron chi connectivity index (χ3n) is 4.10. The highest BCUT2D eigenvalue weighted by Crippen LogP contribution is 2.39. The Bertz CT molecular complexity index is 246. The molecule has 0 bridgehead atoms. The molecule has 0 aliphatic carbocycles. The fraction of sp³-hybridized carbons (Fsp3) is 0.909. The SMILES string of the molecule is CCN1CCC2(CCN(C(N)=O)CC2)C1. The molecule has 4 nitrogen and oxygen atoms in total. The Morgan fingerprint density at radius 3 is 2.33 bits per heavy atom. The maximum absolute atomic E-state index is 11.0. The van der Waals surface area contributed by atoms with Gasteiger partial charge in [0.1, 0.15) is 0 Å². The first-order valence-electron chi connectivity index (χ1n) is 5.92. The summed E-state index contributed by atoms with van der Waals surface area (Å²) in [6.45, 7) is 7.53. The number of hydrogen-bond donors (Lipinski definition) is 1. The largest absolute Gasteiger partial charge is 0.351 e. The van der Waals surface area contributed by atoms with E-state index in [0.29, 0.717) is 5.41 Å². The summed E-state index contributed by atoms with van der Waals surface area (Å²) in [5.41, 5.74) is 5.77. The van der Waals surface area contributed by atoms with E-state index in [1.54, 1.807) is 4.90 Å². The molecule has 86 valence electrons. The molecule has 2 saturated heterocycles. The van der Waals surface area contributed by atoms with Crippen molar-refractivity contribution < 1.29 is 4.79 Å². The number of hydrogen-bond acceptors (Lipinski definition) is 2. The molecule has 0 aromatic rings. The second kappa shape index (κ2) is 4.00. The zero-order valence-corrected chi connectivity index (χ0v) is 9.54. The number of carbonyl (C=O) groups excluding carboxylic acids is 1. The molecule has 2 amide bonds. The molecule has 0 saturated carbocycles. The minimum Gasteiger partial charge on any atom is -0.351 e. The standard InChI is InChI=1S/C11H21N3O/c1-2-13-6-3-11(9-13)4-7-14(8-5-11)10(12)15/h2-9H2,1H3,(H2,12,15). The molecule has 2 aliphatic rings. The molecule has 4 heteroatoms. The Labute approximate surface area is 91.4 Å². The number of primary amides is 1. The Hall–Kier alpha value is -0.770. The maximum atomic E-state index is 11.0. The lowest BCUT2D eigenvalue weighted by Crippen LogP contribution is -2.46. The van der Waals surface area contributed by atoms with E-state index in [2.05, 4.69) is 11.8 Å². The van der Waals surface area contributed by atoms with Gasteiger partial charge in [-0.3, -0.25) is 0 Å². The third-order valence-corrected chi connectivity index (χ3v) is 4.10. The minimum atomic E-state index is -0.254. The lowest BCUT2D eigenvalue weighted by Gasteiger charge is -2.38. The summed E-state index contributed by atoms with van der Waals surface area (Å²) in [7, 11) is 0. The third kappa shape index (κ3) is 2.09. The fourth-order valence-electron chi connectivity index (χ4n) is 2.91. The molecule has 0 unspecified atom stereocenters. The van der Waals surface area contributed by atoms with E-state index < -0.39 is 0 Å². The van der Waals surface area contributed by atoms with Crippen LogP contribution < -0.4 is 5.73 Å². The van der Waals surface area contributed by atoms with Crippen molar-refractivity contribution in [1.29, 1.82) is 0 Å². The van der Waals surface area contributed by atoms with Crippen LogP contribution in [0, 0.1) is 5.41 Å². The van der Waals surface area contributed by atoms with Crippen LogP contribution >= 0.6 is 0 Å². The second-order valence-electron chi connectivity index (χ2n) is 4.94. The van der Waals surface area contributed by atoms with Crippen LogP contribution in [0.5, 0.6) is 0 Å². The summed E-state index contributed by atoms with van der Waals surface area (Å²) in [5.74, 6) is 0. The first-order chi connectivity index (χ1) is 7.15. The molecular weight excluding hydrogens is 190 g/mol. The molecule has 15 heavy (non-hydrogen) atoms. The summed E-state index contributed by atoms with van der Waals surface area (Å²) in [6, 6.07) is -0.254. The van der Waals surface area contributed by atoms with Crippen molar-refractivity contribution >= 4 is 6.03 Å². The van der Waals surface area contributed by atoms with E-state index in [1.165, 1.54) is 19.5 Å². The zero-order chi connectivity index (χ0) is 10.9. The van der Waals surface area contributed by atoms with Crippen LogP contribution in [0.1, 0.15) is 26.2 Å². The number of likely N-dealkylation sites (tertiary alicyclic amines) is 2. The molecule has 0 aromatic carbocycles. The van der Waals surface area contributed by atoms with E-state index in [0.717, 1.165) is 32.5 Å². The summed E-state index contributed by atoms with van der Waals surface area (Å²) in [6.07, 6.45) is 3.56. The normalized spacial score (nSPS) is 26.1. The van der Waals surface area contributed by atoms with E-state index >= 15 is 0 Å². The van der Waals surface area contributed by atoms with Gasteiger partial charge in [0, 0.05) is 19.6 Å². The number of piperidine rings is 1. The topological polar surface area (TPSA) is 49.6 Å². The molecule has 2 fully saturated rings. The van der Waals surface area contributed by atoms with E-state index in [-0.39, 0.29) is 6.03 Å². The highest BCUT2D eigenvalue weighted by Gasteiger charge is 2.40. The lowest BCUT2D eigenvalue weighted by atomic mass is 9.78. The van der Waals surface area contributed by atoms with Gasteiger partial charge in [0.15, 0.2) is 0 Å². The summed E-state index contributed by atoms with van der Waals surface area (Å²) >= 11 is 0. The van der Waals surface area contributed by atoms with Gasteiger partial charge in [0.25, 0.3) is 0 Å². The molecule has 1 spiro atoms. The van der Waals surface area contributed by atoms with Gasteiger partial charge in [-0.05, 0) is 37.8 Å². The maximum Gasteiger partial charge on any atom is 0.314 e. The van der Waals surface area contributed by atoms with Gasteiger partial charge in [-0.25, -0.2) is 4.79 Å². The molecule has 2 rings (SSSR count). The number of urea groups is 1. The van der Waals surface area contributed by atoms with Crippen molar-refractivity contribution in [3.05, 3.63) is 0 Å². The van der Waals surface area contributed by atoms with Gasteiger partial charge >= 0.3 is 6.03 Å². The van der Waals surface area contributed by atoms with Crippen molar-refractivity contribution in [2.45, 2.75) is 26.2 Å². The van der Waals surface area contributed by atoms with E-state index in [4.69, 9.17) is 5.73 Å². The zero-order valence-electron chi connectivity index (χ0n) is 9.54. The van der Waals surface area contributed by atoms with Crippen molar-refractivity contribution in [3.63, 3.8) is 0 Å². The smallest absolute Gasteiger partial charge is 0.314 e. The molecule has 2 aliphatic heterocycles. The quantitative estimate of drug-likeness (QED) is 0.699. The molecular formula is C11H21N3O. The number of nitrogens with two attached hydrogens (primary N) is 1. The second-order valence-corrected chi connectivity index (χ2v) is 4.94. The predicted molar refractivity (Wildman–Crippen MR) is 59.6 cm³/mol. The Kier molecular flexibility index (Phi) is 2.87. The first kappa shape index (κ1) is 10.7. The monoisotopic (exact) mass is 211 g/mol. The average Bonchev–Trinajstić information content (AvgIpc) is 2.62. The van der Waals surface area contributed by atoms with Gasteiger partial charge in [0.2, 0.25) is 0 Å². The minimum absolute atomic E-state index is 0.254. The number of nitrogens with zero attached hydrogens (tertiary/aromatic N) is 2. The van der Waals surface area contributed by atoms with Crippen molar-refractivity contribution in [2.75, 3.05) is 32.7 Å². The number of rotatable bonds is 1. The molecule has 0 radical (unpaired) electrons. The molecule has 0 atom stereocenters. The Morgan fingerprint density at radius 1 is 1.27 bits per heavy atom. The van der Waals surface area contributed by atoms with Crippen LogP contribution in [0.4, 0.5) is 4.79 Å². The summed E-state index contributed by atoms with van der Waals surface area (Å²) in [4.78, 5) is 15.3. The van der Waals surface area contributed by atoms with Gasteiger partial charge < -0.3 is 15.5 Å². The van der Waals surface area contributed by atoms with Gasteiger partial charge in [0.05, 0.1) is 0 Å². The fourth-order valence-corrected chi connectivity index (χ4v) is 2.91. The van der Waals surface area contributed by atoms with E-state index in [1.807, 2.05) is 0 Å². The van der Waals surface area contributed by atoms with Crippen molar-refractivity contribution in [1.82, 2.24) is 9.80 Å². The highest BCUT2D eigenvalue weighted by atomic mass is 16.2. The summed E-state index contributed by atoms with van der Waals surface area (Å²) < 4.78 is 0. The first-order valence-corrected chi connectivity index (χ1v) is 5.92. The molecule has 2 heterocycles. The van der Waals surface area contributed by atoms with Crippen LogP contribution in [-0.4, -0.2) is 48.6 Å². The van der Waals surface area contributed by atoms with E-state index in [9.17, 15) is 4.79 Å². The van der Waals surface area contributed by atoms with Crippen molar-refractivity contribution in [2.24, 2.45) is 11.1 Å². The van der Waals surface area contributed by atoms with Gasteiger partial charge in [-0.15, -0.1) is 0 Å². The van der Waals surface area contributed by atoms with Crippen LogP contribution in [0.3, 0.4) is 0 Å². The number of carbonyl (C=O) groups is 1. The average molecular weight is 211 g/mol. The van der Waals surface area contributed by atoms with Crippen LogP contribution in [0.25, 0.3) is 0 Å². The summed E-state index contributed by atoms with van der Waals surface area (Å²) in [5, 5.41) is 0. The van der Waals surface area contributed by atoms with Crippen molar-refractivity contribution in [3.8, 4) is 0 Å². The van der Waals surface area contributed by atoms with Gasteiger partial charge in [-0.2, -0.15) is 0 Å². The molecule has 2 N–H and O–H groups in total. The Morgan fingerprint density at radius 2 is 1.87 bits per heavy atom. The lowest BCUT2D eigenvalue weighted by molar-refractivity contribution is 0.124. The number of amides is 2. The predicted octanol–water partition coefficient (Wildman–Crippen LogP) is 0.873. The Balaban J connectivity index is 1.90. The molecule has 0 aromatic heterocycles. The van der Waals surface area contributed by atoms with Crippen LogP contribution in [-0.2, 0) is 0 Å². The van der Waals surface area contributed by atoms with Crippen LogP contribution in [0.2, 0.25) is 0 Å². The van der Waals surface area contributed by atoms with Crippen LogP contribution in [0.15, 0.2) is 0 Å². The van der Waals surface area contributed by atoms with Gasteiger partial charge in [-0.1, -0.05) is 6.92 Å². The highest BCUT2D eigenvalue weighted by molar-refractivity contribution is 5.72.